The molecule has 1 amide bonds. The second kappa shape index (κ2) is 7.18. The van der Waals surface area contributed by atoms with Gasteiger partial charge in [0.25, 0.3) is 5.91 Å². The van der Waals surface area contributed by atoms with E-state index >= 15 is 0 Å². The van der Waals surface area contributed by atoms with E-state index in [-0.39, 0.29) is 5.91 Å². The molecule has 142 valence electrons. The zero-order valence-corrected chi connectivity index (χ0v) is 15.4. The van der Waals surface area contributed by atoms with Crippen molar-refractivity contribution in [3.63, 3.8) is 0 Å². The molecule has 0 bridgehead atoms. The summed E-state index contributed by atoms with van der Waals surface area (Å²) in [7, 11) is 0. The largest absolute Gasteiger partial charge is 0.488 e. The minimum absolute atomic E-state index is 0.215. The van der Waals surface area contributed by atoms with Gasteiger partial charge in [-0.05, 0) is 18.2 Å². The Balaban J connectivity index is 1.35. The molecule has 7 heteroatoms. The molecule has 0 N–H and O–H groups in total. The molecular weight excluding hydrogens is 356 g/mol. The number of ether oxygens (including phenoxy) is 2. The lowest BCUT2D eigenvalue weighted by Gasteiger charge is -2.26. The average molecular weight is 376 g/mol. The lowest BCUT2D eigenvalue weighted by Crippen LogP contribution is -2.35. The molecule has 7 nitrogen and oxygen atoms in total. The number of rotatable bonds is 5. The summed E-state index contributed by atoms with van der Waals surface area (Å²) in [6.07, 6.45) is 5.58. The normalized spacial score (nSPS) is 16.6. The van der Waals surface area contributed by atoms with Gasteiger partial charge >= 0.3 is 0 Å². The minimum Gasteiger partial charge on any atom is -0.488 e. The first kappa shape index (κ1) is 17.1. The van der Waals surface area contributed by atoms with Crippen LogP contribution in [0.25, 0.3) is 5.65 Å². The highest BCUT2D eigenvalue weighted by Crippen LogP contribution is 2.26. The Hall–Kier alpha value is -3.03. The molecule has 1 saturated heterocycles. The number of carbonyl (C=O) groups excluding carboxylic acids is 1. The number of imidazole rings is 1. The van der Waals surface area contributed by atoms with Crippen LogP contribution >= 0.6 is 0 Å². The number of nitrogens with zero attached hydrogens (tertiary/aromatic N) is 4. The maximum Gasteiger partial charge on any atom is 0.277 e. The number of aliphatic imine (C=N–C) groups is 1. The monoisotopic (exact) mass is 376 g/mol. The highest BCUT2D eigenvalue weighted by atomic mass is 16.5. The first-order valence-corrected chi connectivity index (χ1v) is 9.37. The van der Waals surface area contributed by atoms with Crippen molar-refractivity contribution < 1.29 is 14.3 Å². The summed E-state index contributed by atoms with van der Waals surface area (Å²) in [4.78, 5) is 22.5. The number of carbonyl (C=O) groups is 1. The van der Waals surface area contributed by atoms with Crippen molar-refractivity contribution >= 4 is 17.8 Å². The molecule has 0 unspecified atom stereocenters. The topological polar surface area (TPSA) is 68.4 Å². The van der Waals surface area contributed by atoms with Crippen LogP contribution in [0, 0.1) is 0 Å². The number of pyridine rings is 1. The van der Waals surface area contributed by atoms with E-state index in [1.165, 1.54) is 0 Å². The van der Waals surface area contributed by atoms with E-state index in [1.54, 1.807) is 12.3 Å². The maximum absolute atomic E-state index is 11.7. The first-order chi connectivity index (χ1) is 13.8. The summed E-state index contributed by atoms with van der Waals surface area (Å²) in [6, 6.07) is 9.47. The Morgan fingerprint density at radius 3 is 2.93 bits per heavy atom. The molecule has 0 aliphatic carbocycles. The predicted octanol–water partition coefficient (Wildman–Crippen LogP) is 2.32. The zero-order valence-electron chi connectivity index (χ0n) is 15.4. The van der Waals surface area contributed by atoms with Gasteiger partial charge in [0.15, 0.2) is 0 Å². The van der Waals surface area contributed by atoms with Gasteiger partial charge in [-0.25, -0.2) is 9.98 Å². The Morgan fingerprint density at radius 1 is 1.14 bits per heavy atom. The third-order valence-electron chi connectivity index (χ3n) is 5.13. The fourth-order valence-corrected chi connectivity index (χ4v) is 3.61. The van der Waals surface area contributed by atoms with Crippen molar-refractivity contribution in [1.82, 2.24) is 14.3 Å². The van der Waals surface area contributed by atoms with Gasteiger partial charge in [0.05, 0.1) is 30.7 Å². The van der Waals surface area contributed by atoms with Crippen molar-refractivity contribution in [2.24, 2.45) is 4.99 Å². The van der Waals surface area contributed by atoms with Crippen LogP contribution in [-0.4, -0.2) is 52.7 Å². The van der Waals surface area contributed by atoms with Gasteiger partial charge in [-0.1, -0.05) is 12.1 Å². The molecule has 2 aromatic heterocycles. The van der Waals surface area contributed by atoms with Gasteiger partial charge in [0.2, 0.25) is 0 Å². The summed E-state index contributed by atoms with van der Waals surface area (Å²) in [5, 5.41) is 0. The molecule has 2 aliphatic rings. The van der Waals surface area contributed by atoms with Gasteiger partial charge in [-0.2, -0.15) is 0 Å². The van der Waals surface area contributed by atoms with Gasteiger partial charge in [0, 0.05) is 43.2 Å². The van der Waals surface area contributed by atoms with Gasteiger partial charge < -0.3 is 13.9 Å². The van der Waals surface area contributed by atoms with Crippen molar-refractivity contribution in [3.05, 3.63) is 65.1 Å². The Morgan fingerprint density at radius 2 is 2.04 bits per heavy atom. The number of amides is 1. The van der Waals surface area contributed by atoms with Crippen LogP contribution in [0.5, 0.6) is 5.75 Å². The lowest BCUT2D eigenvalue weighted by molar-refractivity contribution is 0.0335. The van der Waals surface area contributed by atoms with Crippen LogP contribution in [0.15, 0.2) is 47.7 Å². The second-order valence-electron chi connectivity index (χ2n) is 6.97. The highest BCUT2D eigenvalue weighted by molar-refractivity contribution is 6.14. The molecular formula is C21H20N4O3. The predicted molar refractivity (Wildman–Crippen MR) is 104 cm³/mol. The fraction of sp³-hybridized carbons (Fsp3) is 0.286. The standard InChI is InChI=1S/C21H20N4O3/c26-21-17-2-1-3-19(18(17)11-23-21)28-14-15-4-5-20-22-10-16(25(20)12-15)13-24-6-8-27-9-7-24/h1-5,10-12H,6-9,13-14H2. The molecule has 0 spiro atoms. The number of hydrogen-bond acceptors (Lipinski definition) is 5. The minimum atomic E-state index is -0.215. The molecule has 0 radical (unpaired) electrons. The van der Waals surface area contributed by atoms with Crippen LogP contribution in [0.1, 0.15) is 27.2 Å². The molecule has 4 heterocycles. The van der Waals surface area contributed by atoms with E-state index in [1.807, 2.05) is 30.5 Å². The molecule has 1 aromatic carbocycles. The number of benzene rings is 1. The Kier molecular flexibility index (Phi) is 4.38. The van der Waals surface area contributed by atoms with Crippen molar-refractivity contribution in [2.75, 3.05) is 26.3 Å². The van der Waals surface area contributed by atoms with E-state index in [2.05, 4.69) is 25.5 Å². The van der Waals surface area contributed by atoms with Crippen molar-refractivity contribution in [2.45, 2.75) is 13.2 Å². The quantitative estimate of drug-likeness (QED) is 0.684. The van der Waals surface area contributed by atoms with E-state index in [0.717, 1.165) is 55.3 Å². The smallest absolute Gasteiger partial charge is 0.277 e. The number of morpholine rings is 1. The first-order valence-electron chi connectivity index (χ1n) is 9.37. The van der Waals surface area contributed by atoms with Crippen molar-refractivity contribution in [1.29, 1.82) is 0 Å². The third kappa shape index (κ3) is 3.19. The maximum atomic E-state index is 11.7. The van der Waals surface area contributed by atoms with Crippen LogP contribution in [0.2, 0.25) is 0 Å². The van der Waals surface area contributed by atoms with Gasteiger partial charge in [0.1, 0.15) is 18.0 Å². The van der Waals surface area contributed by atoms with Crippen molar-refractivity contribution in [3.8, 4) is 5.75 Å². The summed E-state index contributed by atoms with van der Waals surface area (Å²) in [6.45, 7) is 4.69. The summed E-state index contributed by atoms with van der Waals surface area (Å²) in [5.74, 6) is 0.458. The van der Waals surface area contributed by atoms with Gasteiger partial charge in [-0.15, -0.1) is 0 Å². The van der Waals surface area contributed by atoms with Crippen LogP contribution in [0.4, 0.5) is 0 Å². The highest BCUT2D eigenvalue weighted by Gasteiger charge is 2.19. The number of hydrogen-bond donors (Lipinski definition) is 0. The van der Waals surface area contributed by atoms with Crippen LogP contribution in [-0.2, 0) is 17.9 Å². The Labute approximate surface area is 162 Å². The fourth-order valence-electron chi connectivity index (χ4n) is 3.61. The second-order valence-corrected chi connectivity index (χ2v) is 6.97. The van der Waals surface area contributed by atoms with Crippen LogP contribution < -0.4 is 4.74 Å². The van der Waals surface area contributed by atoms with Gasteiger partial charge in [-0.3, -0.25) is 9.69 Å². The Bertz CT molecular complexity index is 1070. The molecule has 5 rings (SSSR count). The molecule has 3 aromatic rings. The summed E-state index contributed by atoms with van der Waals surface area (Å²) >= 11 is 0. The number of fused-ring (bicyclic) bond motifs is 2. The van der Waals surface area contributed by atoms with Crippen LogP contribution in [0.3, 0.4) is 0 Å². The van der Waals surface area contributed by atoms with E-state index < -0.39 is 0 Å². The molecule has 1 fully saturated rings. The van der Waals surface area contributed by atoms with E-state index in [9.17, 15) is 4.79 Å². The summed E-state index contributed by atoms with van der Waals surface area (Å²) < 4.78 is 13.5. The molecule has 28 heavy (non-hydrogen) atoms. The SMILES string of the molecule is O=C1N=Cc2c(OCc3ccc4ncc(CN5CCOCC5)n4c3)cccc21. The lowest BCUT2D eigenvalue weighted by atomic mass is 10.1. The van der Waals surface area contributed by atoms with E-state index in [0.29, 0.717) is 17.9 Å². The average Bonchev–Trinajstić information content (AvgIpc) is 3.31. The molecule has 2 aliphatic heterocycles. The van der Waals surface area contributed by atoms with E-state index in [4.69, 9.17) is 9.47 Å². The zero-order chi connectivity index (χ0) is 18.9. The number of aromatic nitrogens is 2. The summed E-state index contributed by atoms with van der Waals surface area (Å²) in [5.41, 5.74) is 4.45. The third-order valence-corrected chi connectivity index (χ3v) is 5.13. The molecule has 0 saturated carbocycles. The molecule has 0 atom stereocenters.